The van der Waals surface area contributed by atoms with Crippen LogP contribution in [-0.2, 0) is 4.79 Å². The van der Waals surface area contributed by atoms with Gasteiger partial charge in [-0.3, -0.25) is 10.1 Å². The van der Waals surface area contributed by atoms with E-state index in [1.807, 2.05) is 0 Å². The van der Waals surface area contributed by atoms with E-state index in [0.717, 1.165) is 0 Å². The zero-order valence-electron chi connectivity index (χ0n) is 8.81. The smallest absolute Gasteiger partial charge is 0.322 e. The first-order valence-corrected chi connectivity index (χ1v) is 4.87. The van der Waals surface area contributed by atoms with Crippen LogP contribution in [0.3, 0.4) is 0 Å². The van der Waals surface area contributed by atoms with Gasteiger partial charge in [-0.05, 0) is 17.7 Å². The second-order valence-electron chi connectivity index (χ2n) is 3.53. The van der Waals surface area contributed by atoms with Gasteiger partial charge in [0.05, 0.1) is 5.69 Å². The highest BCUT2D eigenvalue weighted by Gasteiger charge is 2.30. The van der Waals surface area contributed by atoms with E-state index < -0.39 is 18.0 Å². The van der Waals surface area contributed by atoms with Gasteiger partial charge in [0.25, 0.3) is 5.91 Å². The molecule has 0 bridgehead atoms. The molecule has 1 saturated heterocycles. The maximum absolute atomic E-state index is 11.4. The first kappa shape index (κ1) is 10.9. The Balaban J connectivity index is 2.31. The lowest BCUT2D eigenvalue weighted by molar-refractivity contribution is -0.120. The lowest BCUT2D eigenvalue weighted by Gasteiger charge is -2.07. The van der Waals surface area contributed by atoms with Crippen molar-refractivity contribution < 1.29 is 9.59 Å². The number of nitrogens with two attached hydrogens (primary N) is 2. The molecule has 1 aromatic rings. The Morgan fingerprint density at radius 2 is 2.06 bits per heavy atom. The summed E-state index contributed by atoms with van der Waals surface area (Å²) in [4.78, 5) is 26.3. The van der Waals surface area contributed by atoms with Crippen LogP contribution in [0.5, 0.6) is 0 Å². The maximum atomic E-state index is 11.4. The van der Waals surface area contributed by atoms with E-state index in [4.69, 9.17) is 11.5 Å². The minimum Gasteiger partial charge on any atom is -0.370 e. The Morgan fingerprint density at radius 1 is 1.29 bits per heavy atom. The van der Waals surface area contributed by atoms with Crippen molar-refractivity contribution in [1.82, 2.24) is 10.6 Å². The predicted molar refractivity (Wildman–Crippen MR) is 61.3 cm³/mol. The third kappa shape index (κ3) is 2.33. The second-order valence-corrected chi connectivity index (χ2v) is 3.53. The highest BCUT2D eigenvalue weighted by molar-refractivity contribution is 6.04. The molecular weight excluding hydrogens is 222 g/mol. The van der Waals surface area contributed by atoms with Crippen molar-refractivity contribution in [2.45, 2.75) is 6.04 Å². The van der Waals surface area contributed by atoms with Gasteiger partial charge in [0, 0.05) is 0 Å². The minimum absolute atomic E-state index is 0.0675. The number of guanidine groups is 1. The van der Waals surface area contributed by atoms with Gasteiger partial charge in [0.15, 0.2) is 5.96 Å². The van der Waals surface area contributed by atoms with Crippen molar-refractivity contribution in [3.63, 3.8) is 0 Å². The third-order valence-corrected chi connectivity index (χ3v) is 2.24. The van der Waals surface area contributed by atoms with Gasteiger partial charge in [0.1, 0.15) is 6.04 Å². The summed E-state index contributed by atoms with van der Waals surface area (Å²) in [6.07, 6.45) is 0. The molecule has 6 N–H and O–H groups in total. The molecule has 0 spiro atoms. The van der Waals surface area contributed by atoms with E-state index in [0.29, 0.717) is 11.3 Å². The molecule has 1 unspecified atom stereocenters. The van der Waals surface area contributed by atoms with Gasteiger partial charge in [-0.1, -0.05) is 12.1 Å². The van der Waals surface area contributed by atoms with Gasteiger partial charge in [-0.2, -0.15) is 0 Å². The molecule has 88 valence electrons. The van der Waals surface area contributed by atoms with Crippen molar-refractivity contribution in [1.29, 1.82) is 0 Å². The van der Waals surface area contributed by atoms with Crippen LogP contribution in [-0.4, -0.2) is 17.9 Å². The Hall–Kier alpha value is -2.57. The quantitative estimate of drug-likeness (QED) is 0.311. The van der Waals surface area contributed by atoms with E-state index in [1.54, 1.807) is 24.3 Å². The Morgan fingerprint density at radius 3 is 2.65 bits per heavy atom. The number of hydrogen-bond acceptors (Lipinski definition) is 3. The summed E-state index contributed by atoms with van der Waals surface area (Å²) in [7, 11) is 0. The molecule has 1 aliphatic heterocycles. The third-order valence-electron chi connectivity index (χ3n) is 2.24. The van der Waals surface area contributed by atoms with Crippen LogP contribution >= 0.6 is 0 Å². The molecule has 1 aliphatic rings. The topological polar surface area (TPSA) is 123 Å². The summed E-state index contributed by atoms with van der Waals surface area (Å²) in [5.74, 6) is -0.459. The molecular formula is C10H11N5O2. The SMILES string of the molecule is NC(N)=Nc1cccc(C2NC(=O)NC2=O)c1. The molecule has 0 radical (unpaired) electrons. The van der Waals surface area contributed by atoms with E-state index >= 15 is 0 Å². The lowest BCUT2D eigenvalue weighted by Crippen LogP contribution is -2.22. The fourth-order valence-corrected chi connectivity index (χ4v) is 1.57. The molecule has 17 heavy (non-hydrogen) atoms. The number of rotatable bonds is 2. The molecule has 1 heterocycles. The standard InChI is InChI=1S/C10H11N5O2/c11-9(12)13-6-3-1-2-5(4-6)7-8(16)15-10(17)14-7/h1-4,7H,(H4,11,12,13)(H2,14,15,16,17). The van der Waals surface area contributed by atoms with Crippen molar-refractivity contribution in [3.05, 3.63) is 29.8 Å². The van der Waals surface area contributed by atoms with E-state index in [-0.39, 0.29) is 5.96 Å². The highest BCUT2D eigenvalue weighted by atomic mass is 16.2. The molecule has 3 amide bonds. The Labute approximate surface area is 96.9 Å². The number of carbonyl (C=O) groups is 2. The Bertz CT molecular complexity index is 507. The zero-order chi connectivity index (χ0) is 12.4. The number of nitrogens with zero attached hydrogens (tertiary/aromatic N) is 1. The van der Waals surface area contributed by atoms with Gasteiger partial charge >= 0.3 is 6.03 Å². The minimum atomic E-state index is -0.698. The largest absolute Gasteiger partial charge is 0.370 e. The van der Waals surface area contributed by atoms with Crippen molar-refractivity contribution >= 4 is 23.6 Å². The number of imide groups is 1. The number of nitrogens with one attached hydrogen (secondary N) is 2. The summed E-state index contributed by atoms with van der Waals surface area (Å²) in [5, 5.41) is 4.64. The summed E-state index contributed by atoms with van der Waals surface area (Å²) < 4.78 is 0. The molecule has 1 aromatic carbocycles. The average molecular weight is 233 g/mol. The summed E-state index contributed by atoms with van der Waals surface area (Å²) in [5.41, 5.74) is 11.7. The van der Waals surface area contributed by atoms with Crippen LogP contribution < -0.4 is 22.1 Å². The van der Waals surface area contributed by atoms with E-state index in [9.17, 15) is 9.59 Å². The molecule has 1 atom stereocenters. The second kappa shape index (κ2) is 4.12. The molecule has 7 nitrogen and oxygen atoms in total. The highest BCUT2D eigenvalue weighted by Crippen LogP contribution is 2.21. The van der Waals surface area contributed by atoms with E-state index in [2.05, 4.69) is 15.6 Å². The lowest BCUT2D eigenvalue weighted by atomic mass is 10.1. The molecule has 0 aliphatic carbocycles. The fraction of sp³-hybridized carbons (Fsp3) is 0.100. The zero-order valence-corrected chi connectivity index (χ0v) is 8.81. The first-order chi connectivity index (χ1) is 8.06. The van der Waals surface area contributed by atoms with Crippen molar-refractivity contribution in [2.24, 2.45) is 16.5 Å². The predicted octanol–water partition coefficient (Wildman–Crippen LogP) is -0.528. The maximum Gasteiger partial charge on any atom is 0.322 e. The van der Waals surface area contributed by atoms with Gasteiger partial charge in [-0.25, -0.2) is 9.79 Å². The summed E-state index contributed by atoms with van der Waals surface area (Å²) in [6, 6.07) is 5.54. The van der Waals surface area contributed by atoms with Crippen LogP contribution in [0.2, 0.25) is 0 Å². The number of hydrogen-bond donors (Lipinski definition) is 4. The number of aliphatic imine (C=N–C) groups is 1. The fourth-order valence-electron chi connectivity index (χ4n) is 1.57. The molecule has 7 heteroatoms. The molecule has 2 rings (SSSR count). The van der Waals surface area contributed by atoms with E-state index in [1.165, 1.54) is 0 Å². The van der Waals surface area contributed by atoms with Crippen LogP contribution in [0.4, 0.5) is 10.5 Å². The number of benzene rings is 1. The van der Waals surface area contributed by atoms with Crippen LogP contribution in [0.15, 0.2) is 29.3 Å². The van der Waals surface area contributed by atoms with Crippen molar-refractivity contribution in [3.8, 4) is 0 Å². The monoisotopic (exact) mass is 233 g/mol. The number of carbonyl (C=O) groups excluding carboxylic acids is 2. The Kier molecular flexibility index (Phi) is 2.65. The average Bonchev–Trinajstić information content (AvgIpc) is 2.57. The van der Waals surface area contributed by atoms with Crippen LogP contribution in [0.25, 0.3) is 0 Å². The van der Waals surface area contributed by atoms with Gasteiger partial charge in [-0.15, -0.1) is 0 Å². The molecule has 0 aromatic heterocycles. The van der Waals surface area contributed by atoms with Crippen LogP contribution in [0.1, 0.15) is 11.6 Å². The number of amides is 3. The normalized spacial score (nSPS) is 18.5. The van der Waals surface area contributed by atoms with Crippen molar-refractivity contribution in [2.75, 3.05) is 0 Å². The number of urea groups is 1. The summed E-state index contributed by atoms with van der Waals surface area (Å²) >= 11 is 0. The first-order valence-electron chi connectivity index (χ1n) is 4.87. The van der Waals surface area contributed by atoms with Crippen LogP contribution in [0, 0.1) is 0 Å². The summed E-state index contributed by atoms with van der Waals surface area (Å²) in [6.45, 7) is 0. The van der Waals surface area contributed by atoms with Gasteiger partial charge < -0.3 is 16.8 Å². The molecule has 1 fully saturated rings. The van der Waals surface area contributed by atoms with Gasteiger partial charge in [0.2, 0.25) is 0 Å². The molecule has 0 saturated carbocycles.